The van der Waals surface area contributed by atoms with Gasteiger partial charge >= 0.3 is 0 Å². The second-order valence-corrected chi connectivity index (χ2v) is 4.48. The Bertz CT molecular complexity index is 394. The predicted octanol–water partition coefficient (Wildman–Crippen LogP) is 3.58. The fraction of sp³-hybridized carbons (Fsp3) is 0.462. The van der Waals surface area contributed by atoms with Gasteiger partial charge in [0.05, 0.1) is 5.56 Å². The van der Waals surface area contributed by atoms with Gasteiger partial charge in [-0.1, -0.05) is 19.4 Å². The largest absolute Gasteiger partial charge is 0.294 e. The lowest BCUT2D eigenvalue weighted by atomic mass is 9.89. The molecule has 1 aliphatic carbocycles. The molecule has 0 radical (unpaired) electrons. The summed E-state index contributed by atoms with van der Waals surface area (Å²) < 4.78 is 26.8. The first-order valence-electron chi connectivity index (χ1n) is 5.59. The molecule has 0 aromatic heterocycles. The van der Waals surface area contributed by atoms with E-state index in [4.69, 9.17) is 0 Å². The minimum absolute atomic E-state index is 0.216. The van der Waals surface area contributed by atoms with Crippen molar-refractivity contribution in [1.29, 1.82) is 0 Å². The molecule has 0 heterocycles. The summed E-state index contributed by atoms with van der Waals surface area (Å²) in [4.78, 5) is 12.0. The Kier molecular flexibility index (Phi) is 3.03. The maximum Gasteiger partial charge on any atom is 0.172 e. The van der Waals surface area contributed by atoms with Gasteiger partial charge in [-0.25, -0.2) is 8.78 Å². The number of rotatable bonds is 2. The molecule has 86 valence electrons. The molecule has 1 nitrogen and oxygen atoms in total. The fourth-order valence-corrected chi connectivity index (χ4v) is 2.45. The second kappa shape index (κ2) is 4.32. The SMILES string of the molecule is CC1CCCC1C(=O)c1c(F)cccc1F. The molecular formula is C13H14F2O. The Morgan fingerprint density at radius 3 is 2.38 bits per heavy atom. The number of benzene rings is 1. The smallest absolute Gasteiger partial charge is 0.172 e. The van der Waals surface area contributed by atoms with Crippen LogP contribution in [0.1, 0.15) is 36.5 Å². The molecule has 0 N–H and O–H groups in total. The van der Waals surface area contributed by atoms with Crippen LogP contribution in [0.15, 0.2) is 18.2 Å². The van der Waals surface area contributed by atoms with Gasteiger partial charge in [0.25, 0.3) is 0 Å². The van der Waals surface area contributed by atoms with Gasteiger partial charge in [0.2, 0.25) is 0 Å². The van der Waals surface area contributed by atoms with E-state index in [1.807, 2.05) is 6.92 Å². The molecule has 0 aliphatic heterocycles. The number of carbonyl (C=O) groups is 1. The summed E-state index contributed by atoms with van der Waals surface area (Å²) in [5, 5.41) is 0. The fourth-order valence-electron chi connectivity index (χ4n) is 2.45. The average Bonchev–Trinajstić information content (AvgIpc) is 2.64. The number of hydrogen-bond donors (Lipinski definition) is 0. The summed E-state index contributed by atoms with van der Waals surface area (Å²) in [6, 6.07) is 3.55. The van der Waals surface area contributed by atoms with Gasteiger partial charge < -0.3 is 0 Å². The van der Waals surface area contributed by atoms with E-state index in [1.165, 1.54) is 6.07 Å². The van der Waals surface area contributed by atoms with Gasteiger partial charge in [-0.2, -0.15) is 0 Å². The molecule has 0 spiro atoms. The van der Waals surface area contributed by atoms with Crippen LogP contribution in [0.25, 0.3) is 0 Å². The van der Waals surface area contributed by atoms with Gasteiger partial charge in [-0.15, -0.1) is 0 Å². The van der Waals surface area contributed by atoms with E-state index in [0.29, 0.717) is 0 Å². The average molecular weight is 224 g/mol. The highest BCUT2D eigenvalue weighted by Gasteiger charge is 2.33. The van der Waals surface area contributed by atoms with Crippen LogP contribution >= 0.6 is 0 Å². The van der Waals surface area contributed by atoms with Crippen molar-refractivity contribution in [3.8, 4) is 0 Å². The third-order valence-electron chi connectivity index (χ3n) is 3.41. The van der Waals surface area contributed by atoms with Crippen LogP contribution in [0.4, 0.5) is 8.78 Å². The van der Waals surface area contributed by atoms with Crippen LogP contribution in [0, 0.1) is 23.5 Å². The predicted molar refractivity (Wildman–Crippen MR) is 57.2 cm³/mol. The van der Waals surface area contributed by atoms with Gasteiger partial charge in [-0.3, -0.25) is 4.79 Å². The quantitative estimate of drug-likeness (QED) is 0.702. The summed E-state index contributed by atoms with van der Waals surface area (Å²) in [6.45, 7) is 1.97. The molecule has 1 fully saturated rings. The third-order valence-corrected chi connectivity index (χ3v) is 3.41. The molecule has 1 aromatic rings. The van der Waals surface area contributed by atoms with Gasteiger partial charge in [0, 0.05) is 5.92 Å². The monoisotopic (exact) mass is 224 g/mol. The standard InChI is InChI=1S/C13H14F2O/c1-8-4-2-5-9(8)13(16)12-10(14)6-3-7-11(12)15/h3,6-9H,2,4-5H2,1H3. The summed E-state index contributed by atoms with van der Waals surface area (Å²) in [6.07, 6.45) is 2.67. The number of carbonyl (C=O) groups excluding carboxylic acids is 1. The molecule has 0 bridgehead atoms. The highest BCUT2D eigenvalue weighted by molar-refractivity contribution is 5.98. The number of ketones is 1. The molecule has 0 amide bonds. The third kappa shape index (κ3) is 1.86. The molecule has 1 aliphatic rings. The molecule has 2 atom stereocenters. The maximum absolute atomic E-state index is 13.4. The number of Topliss-reactive ketones (excluding diaryl/α,β-unsaturated/α-hetero) is 1. The van der Waals surface area contributed by atoms with Crippen molar-refractivity contribution in [3.05, 3.63) is 35.4 Å². The van der Waals surface area contributed by atoms with Crippen molar-refractivity contribution in [2.45, 2.75) is 26.2 Å². The lowest BCUT2D eigenvalue weighted by molar-refractivity contribution is 0.0888. The van der Waals surface area contributed by atoms with Crippen molar-refractivity contribution >= 4 is 5.78 Å². The molecule has 3 heteroatoms. The molecule has 1 aromatic carbocycles. The normalized spacial score (nSPS) is 24.7. The highest BCUT2D eigenvalue weighted by Crippen LogP contribution is 2.34. The Morgan fingerprint density at radius 2 is 1.88 bits per heavy atom. The zero-order chi connectivity index (χ0) is 11.7. The van der Waals surface area contributed by atoms with Crippen molar-refractivity contribution in [1.82, 2.24) is 0 Å². The van der Waals surface area contributed by atoms with Crippen LogP contribution in [-0.4, -0.2) is 5.78 Å². The molecule has 0 saturated heterocycles. The van der Waals surface area contributed by atoms with E-state index in [0.717, 1.165) is 31.4 Å². The first-order valence-corrected chi connectivity index (χ1v) is 5.59. The van der Waals surface area contributed by atoms with Crippen LogP contribution in [0.2, 0.25) is 0 Å². The van der Waals surface area contributed by atoms with E-state index >= 15 is 0 Å². The van der Waals surface area contributed by atoms with Crippen LogP contribution in [0.5, 0.6) is 0 Å². The van der Waals surface area contributed by atoms with Crippen LogP contribution in [0.3, 0.4) is 0 Å². The molecular weight excluding hydrogens is 210 g/mol. The van der Waals surface area contributed by atoms with Crippen molar-refractivity contribution in [2.24, 2.45) is 11.8 Å². The summed E-state index contributed by atoms with van der Waals surface area (Å²) in [5.74, 6) is -1.85. The lowest BCUT2D eigenvalue weighted by Gasteiger charge is -2.14. The van der Waals surface area contributed by atoms with Gasteiger partial charge in [-0.05, 0) is 30.9 Å². The van der Waals surface area contributed by atoms with Gasteiger partial charge in [0.15, 0.2) is 5.78 Å². The van der Waals surface area contributed by atoms with Crippen molar-refractivity contribution < 1.29 is 13.6 Å². The molecule has 2 unspecified atom stereocenters. The Hall–Kier alpha value is -1.25. The van der Waals surface area contributed by atoms with Crippen LogP contribution < -0.4 is 0 Å². The van der Waals surface area contributed by atoms with Crippen molar-refractivity contribution in [2.75, 3.05) is 0 Å². The molecule has 16 heavy (non-hydrogen) atoms. The molecule has 2 rings (SSSR count). The minimum Gasteiger partial charge on any atom is -0.294 e. The maximum atomic E-state index is 13.4. The highest BCUT2D eigenvalue weighted by atomic mass is 19.1. The van der Waals surface area contributed by atoms with E-state index in [2.05, 4.69) is 0 Å². The Labute approximate surface area is 93.5 Å². The topological polar surface area (TPSA) is 17.1 Å². The zero-order valence-electron chi connectivity index (χ0n) is 9.17. The first kappa shape index (κ1) is 11.2. The second-order valence-electron chi connectivity index (χ2n) is 4.48. The summed E-state index contributed by atoms with van der Waals surface area (Å²) in [7, 11) is 0. The number of hydrogen-bond acceptors (Lipinski definition) is 1. The molecule has 1 saturated carbocycles. The zero-order valence-corrected chi connectivity index (χ0v) is 9.17. The minimum atomic E-state index is -0.746. The summed E-state index contributed by atoms with van der Waals surface area (Å²) in [5.41, 5.74) is -0.360. The van der Waals surface area contributed by atoms with Gasteiger partial charge in [0.1, 0.15) is 11.6 Å². The van der Waals surface area contributed by atoms with E-state index in [-0.39, 0.29) is 23.2 Å². The van der Waals surface area contributed by atoms with Crippen molar-refractivity contribution in [3.63, 3.8) is 0 Å². The van der Waals surface area contributed by atoms with Crippen LogP contribution in [-0.2, 0) is 0 Å². The summed E-state index contributed by atoms with van der Waals surface area (Å²) >= 11 is 0. The van der Waals surface area contributed by atoms with E-state index in [9.17, 15) is 13.6 Å². The lowest BCUT2D eigenvalue weighted by Crippen LogP contribution is -2.19. The Morgan fingerprint density at radius 1 is 1.25 bits per heavy atom. The number of halogens is 2. The van der Waals surface area contributed by atoms with E-state index < -0.39 is 11.6 Å². The first-order chi connectivity index (χ1) is 7.61. The Balaban J connectivity index is 2.33. The van der Waals surface area contributed by atoms with E-state index in [1.54, 1.807) is 0 Å².